The summed E-state index contributed by atoms with van der Waals surface area (Å²) < 4.78 is 5.28. The molecule has 0 aliphatic heterocycles. The largest absolute Gasteiger partial charge is 0.496 e. The molecule has 0 radical (unpaired) electrons. The Morgan fingerprint density at radius 3 is 2.65 bits per heavy atom. The standard InChI is InChI=1S/C15H24N2O3/c1-4-15(2,16)14(19)17(9-10-18)11-12-7-5-6-8-13(12)20-3/h5-8,18H,4,9-11,16H2,1-3H3. The Morgan fingerprint density at radius 1 is 1.45 bits per heavy atom. The van der Waals surface area contributed by atoms with Gasteiger partial charge >= 0.3 is 0 Å². The molecule has 3 N–H and O–H groups in total. The maximum Gasteiger partial charge on any atom is 0.242 e. The highest BCUT2D eigenvalue weighted by atomic mass is 16.5. The zero-order valence-corrected chi connectivity index (χ0v) is 12.4. The van der Waals surface area contributed by atoms with Crippen LogP contribution in [0.4, 0.5) is 0 Å². The van der Waals surface area contributed by atoms with Crippen molar-refractivity contribution in [2.75, 3.05) is 20.3 Å². The van der Waals surface area contributed by atoms with Crippen LogP contribution in [-0.4, -0.2) is 41.7 Å². The van der Waals surface area contributed by atoms with Crippen molar-refractivity contribution in [2.45, 2.75) is 32.4 Å². The van der Waals surface area contributed by atoms with Gasteiger partial charge in [-0.25, -0.2) is 0 Å². The minimum atomic E-state index is -0.919. The molecule has 0 fully saturated rings. The van der Waals surface area contributed by atoms with E-state index in [1.807, 2.05) is 31.2 Å². The number of methoxy groups -OCH3 is 1. The summed E-state index contributed by atoms with van der Waals surface area (Å²) in [5, 5.41) is 9.16. The second-order valence-corrected chi connectivity index (χ2v) is 5.03. The molecule has 5 nitrogen and oxygen atoms in total. The van der Waals surface area contributed by atoms with E-state index in [1.165, 1.54) is 0 Å². The Kier molecular flexibility index (Phi) is 5.98. The van der Waals surface area contributed by atoms with Crippen molar-refractivity contribution in [3.63, 3.8) is 0 Å². The third-order valence-electron chi connectivity index (χ3n) is 3.43. The molecule has 1 rings (SSSR count). The normalized spacial score (nSPS) is 13.7. The number of aliphatic hydroxyl groups excluding tert-OH is 1. The van der Waals surface area contributed by atoms with Gasteiger partial charge < -0.3 is 20.5 Å². The molecule has 0 saturated carbocycles. The van der Waals surface area contributed by atoms with Gasteiger partial charge in [0.05, 0.1) is 19.3 Å². The van der Waals surface area contributed by atoms with Crippen molar-refractivity contribution in [1.82, 2.24) is 4.90 Å². The second kappa shape index (κ2) is 7.26. The minimum Gasteiger partial charge on any atom is -0.496 e. The second-order valence-electron chi connectivity index (χ2n) is 5.03. The van der Waals surface area contributed by atoms with Crippen LogP contribution in [0.3, 0.4) is 0 Å². The number of carbonyl (C=O) groups excluding carboxylic acids is 1. The predicted octanol–water partition coefficient (Wildman–Crippen LogP) is 1.14. The number of hydrogen-bond donors (Lipinski definition) is 2. The highest BCUT2D eigenvalue weighted by Gasteiger charge is 2.31. The van der Waals surface area contributed by atoms with Crippen LogP contribution >= 0.6 is 0 Å². The number of amides is 1. The quantitative estimate of drug-likeness (QED) is 0.785. The average Bonchev–Trinajstić information content (AvgIpc) is 2.46. The molecule has 20 heavy (non-hydrogen) atoms. The van der Waals surface area contributed by atoms with Crippen molar-refractivity contribution in [3.8, 4) is 5.75 Å². The van der Waals surface area contributed by atoms with Gasteiger partial charge in [-0.05, 0) is 19.4 Å². The van der Waals surface area contributed by atoms with E-state index in [2.05, 4.69) is 0 Å². The number of nitrogens with zero attached hydrogens (tertiary/aromatic N) is 1. The van der Waals surface area contributed by atoms with Gasteiger partial charge in [0.1, 0.15) is 5.75 Å². The van der Waals surface area contributed by atoms with Crippen LogP contribution < -0.4 is 10.5 Å². The molecule has 0 aliphatic rings. The van der Waals surface area contributed by atoms with Crippen LogP contribution in [0.15, 0.2) is 24.3 Å². The summed E-state index contributed by atoms with van der Waals surface area (Å²) in [5.41, 5.74) is 5.98. The number of nitrogens with two attached hydrogens (primary N) is 1. The first-order chi connectivity index (χ1) is 9.46. The highest BCUT2D eigenvalue weighted by Crippen LogP contribution is 2.21. The summed E-state index contributed by atoms with van der Waals surface area (Å²) in [5.74, 6) is 0.554. The summed E-state index contributed by atoms with van der Waals surface area (Å²) >= 11 is 0. The van der Waals surface area contributed by atoms with Gasteiger partial charge in [-0.15, -0.1) is 0 Å². The topological polar surface area (TPSA) is 75.8 Å². The Morgan fingerprint density at radius 2 is 2.10 bits per heavy atom. The zero-order valence-electron chi connectivity index (χ0n) is 12.4. The maximum atomic E-state index is 12.4. The Balaban J connectivity index is 2.95. The summed E-state index contributed by atoms with van der Waals surface area (Å²) in [6.07, 6.45) is 0.541. The predicted molar refractivity (Wildman–Crippen MR) is 78.4 cm³/mol. The van der Waals surface area contributed by atoms with Crippen LogP contribution in [0.5, 0.6) is 5.75 Å². The third-order valence-corrected chi connectivity index (χ3v) is 3.43. The fraction of sp³-hybridized carbons (Fsp3) is 0.533. The monoisotopic (exact) mass is 280 g/mol. The molecular weight excluding hydrogens is 256 g/mol. The number of hydrogen-bond acceptors (Lipinski definition) is 4. The molecule has 1 aromatic rings. The molecule has 5 heteroatoms. The molecule has 1 aromatic carbocycles. The molecule has 0 saturated heterocycles. The first kappa shape index (κ1) is 16.5. The van der Waals surface area contributed by atoms with Gasteiger partial charge in [-0.2, -0.15) is 0 Å². The van der Waals surface area contributed by atoms with Crippen molar-refractivity contribution in [2.24, 2.45) is 5.73 Å². The van der Waals surface area contributed by atoms with E-state index in [-0.39, 0.29) is 19.1 Å². The molecule has 112 valence electrons. The summed E-state index contributed by atoms with van der Waals surface area (Å²) in [7, 11) is 1.59. The fourth-order valence-corrected chi connectivity index (χ4v) is 1.92. The number of benzene rings is 1. The number of ether oxygens (including phenoxy) is 1. The molecule has 0 aromatic heterocycles. The number of aliphatic hydroxyl groups is 1. The smallest absolute Gasteiger partial charge is 0.242 e. The third kappa shape index (κ3) is 3.95. The van der Waals surface area contributed by atoms with Crippen LogP contribution in [-0.2, 0) is 11.3 Å². The maximum absolute atomic E-state index is 12.4. The Bertz CT molecular complexity index is 446. The first-order valence-electron chi connectivity index (χ1n) is 6.77. The summed E-state index contributed by atoms with van der Waals surface area (Å²) in [6, 6.07) is 7.51. The summed E-state index contributed by atoms with van der Waals surface area (Å²) in [4.78, 5) is 14.0. The lowest BCUT2D eigenvalue weighted by atomic mass is 9.98. The number of para-hydroxylation sites is 1. The van der Waals surface area contributed by atoms with Crippen molar-refractivity contribution in [3.05, 3.63) is 29.8 Å². The number of carbonyl (C=O) groups is 1. The summed E-state index contributed by atoms with van der Waals surface area (Å²) in [6.45, 7) is 4.11. The minimum absolute atomic E-state index is 0.0965. The molecule has 1 unspecified atom stereocenters. The van der Waals surface area contributed by atoms with E-state index in [4.69, 9.17) is 15.6 Å². The highest BCUT2D eigenvalue weighted by molar-refractivity contribution is 5.85. The Labute approximate surface area is 120 Å². The SMILES string of the molecule is CCC(C)(N)C(=O)N(CCO)Cc1ccccc1OC. The lowest BCUT2D eigenvalue weighted by molar-refractivity contribution is -0.137. The van der Waals surface area contributed by atoms with Crippen LogP contribution in [0.2, 0.25) is 0 Å². The van der Waals surface area contributed by atoms with Crippen LogP contribution in [0.1, 0.15) is 25.8 Å². The molecule has 1 amide bonds. The van der Waals surface area contributed by atoms with E-state index < -0.39 is 5.54 Å². The van der Waals surface area contributed by atoms with E-state index in [0.29, 0.717) is 13.0 Å². The van der Waals surface area contributed by atoms with Gasteiger partial charge in [0.2, 0.25) is 5.91 Å². The number of rotatable bonds is 7. The fourth-order valence-electron chi connectivity index (χ4n) is 1.92. The van der Waals surface area contributed by atoms with Crippen molar-refractivity contribution < 1.29 is 14.6 Å². The zero-order chi connectivity index (χ0) is 15.2. The van der Waals surface area contributed by atoms with Gasteiger partial charge in [-0.3, -0.25) is 4.79 Å². The molecular formula is C15H24N2O3. The van der Waals surface area contributed by atoms with Gasteiger partial charge in [0, 0.05) is 18.7 Å². The van der Waals surface area contributed by atoms with Crippen LogP contribution in [0.25, 0.3) is 0 Å². The van der Waals surface area contributed by atoms with E-state index in [9.17, 15) is 4.79 Å². The van der Waals surface area contributed by atoms with E-state index in [0.717, 1.165) is 11.3 Å². The van der Waals surface area contributed by atoms with Crippen molar-refractivity contribution >= 4 is 5.91 Å². The van der Waals surface area contributed by atoms with E-state index in [1.54, 1.807) is 18.9 Å². The van der Waals surface area contributed by atoms with Crippen molar-refractivity contribution in [1.29, 1.82) is 0 Å². The first-order valence-corrected chi connectivity index (χ1v) is 6.77. The molecule has 1 atom stereocenters. The molecule has 0 heterocycles. The average molecular weight is 280 g/mol. The molecule has 0 bridgehead atoms. The van der Waals surface area contributed by atoms with Gasteiger partial charge in [0.15, 0.2) is 0 Å². The molecule has 0 spiro atoms. The van der Waals surface area contributed by atoms with Crippen LogP contribution in [0, 0.1) is 0 Å². The molecule has 0 aliphatic carbocycles. The van der Waals surface area contributed by atoms with Gasteiger partial charge in [-0.1, -0.05) is 25.1 Å². The van der Waals surface area contributed by atoms with E-state index >= 15 is 0 Å². The Hall–Kier alpha value is -1.59. The lowest BCUT2D eigenvalue weighted by Crippen LogP contribution is -2.53. The lowest BCUT2D eigenvalue weighted by Gasteiger charge is -2.31. The van der Waals surface area contributed by atoms with Gasteiger partial charge in [0.25, 0.3) is 0 Å².